The number of carbonyl (C=O) groups excluding carboxylic acids is 1. The molecule has 0 saturated carbocycles. The highest BCUT2D eigenvalue weighted by Gasteiger charge is 2.50. The monoisotopic (exact) mass is 341 g/mol. The number of fused-ring (bicyclic) bond motifs is 3. The van der Waals surface area contributed by atoms with E-state index in [2.05, 4.69) is 22.4 Å². The Morgan fingerprint density at radius 3 is 2.92 bits per heavy atom. The summed E-state index contributed by atoms with van der Waals surface area (Å²) in [6, 6.07) is 12.3. The summed E-state index contributed by atoms with van der Waals surface area (Å²) < 4.78 is 5.85. The number of hydrogen-bond donors (Lipinski definition) is 0. The van der Waals surface area contributed by atoms with Crippen LogP contribution in [0, 0.1) is 0 Å². The van der Waals surface area contributed by atoms with Gasteiger partial charge in [-0.25, -0.2) is 0 Å². The zero-order valence-electron chi connectivity index (χ0n) is 13.9. The molecule has 0 spiro atoms. The molecule has 2 aromatic rings. The van der Waals surface area contributed by atoms with E-state index in [1.807, 2.05) is 24.3 Å². The smallest absolute Gasteiger partial charge is 0.255 e. The van der Waals surface area contributed by atoms with Gasteiger partial charge in [-0.05, 0) is 49.1 Å². The molecule has 1 saturated heterocycles. The van der Waals surface area contributed by atoms with Gasteiger partial charge in [-0.1, -0.05) is 30.3 Å². The fourth-order valence-corrected chi connectivity index (χ4v) is 5.31. The Kier molecular flexibility index (Phi) is 4.42. The van der Waals surface area contributed by atoms with Crippen LogP contribution in [-0.2, 0) is 16.9 Å². The van der Waals surface area contributed by atoms with Crippen LogP contribution in [-0.4, -0.2) is 24.0 Å². The number of ether oxygens (including phenoxy) is 1. The predicted octanol–water partition coefficient (Wildman–Crippen LogP) is 4.58. The van der Waals surface area contributed by atoms with Crippen LogP contribution in [0.15, 0.2) is 41.8 Å². The van der Waals surface area contributed by atoms with Crippen LogP contribution in [0.2, 0.25) is 0 Å². The van der Waals surface area contributed by atoms with Crippen LogP contribution in [0.4, 0.5) is 0 Å². The third-order valence-corrected chi connectivity index (χ3v) is 6.40. The molecule has 126 valence electrons. The lowest BCUT2D eigenvalue weighted by Crippen LogP contribution is -2.47. The fourth-order valence-electron chi connectivity index (χ4n) is 4.16. The van der Waals surface area contributed by atoms with E-state index >= 15 is 0 Å². The van der Waals surface area contributed by atoms with E-state index in [1.54, 1.807) is 11.3 Å². The molecule has 1 aromatic carbocycles. The zero-order valence-corrected chi connectivity index (χ0v) is 14.7. The van der Waals surface area contributed by atoms with Crippen molar-refractivity contribution in [1.29, 1.82) is 0 Å². The number of benzene rings is 1. The number of amides is 1. The summed E-state index contributed by atoms with van der Waals surface area (Å²) in [7, 11) is 0. The van der Waals surface area contributed by atoms with Crippen LogP contribution >= 0.6 is 11.3 Å². The average molecular weight is 341 g/mol. The van der Waals surface area contributed by atoms with Crippen LogP contribution in [0.25, 0.3) is 0 Å². The number of carbonyl (C=O) groups is 1. The second kappa shape index (κ2) is 6.69. The van der Waals surface area contributed by atoms with Crippen molar-refractivity contribution < 1.29 is 9.53 Å². The van der Waals surface area contributed by atoms with Gasteiger partial charge >= 0.3 is 0 Å². The third kappa shape index (κ3) is 2.68. The molecule has 4 heteroatoms. The average Bonchev–Trinajstić information content (AvgIpc) is 3.19. The van der Waals surface area contributed by atoms with Crippen LogP contribution in [0.5, 0.6) is 0 Å². The molecule has 1 atom stereocenters. The molecular weight excluding hydrogens is 318 g/mol. The van der Waals surface area contributed by atoms with E-state index in [4.69, 9.17) is 4.74 Å². The van der Waals surface area contributed by atoms with Crippen molar-refractivity contribution in [3.8, 4) is 0 Å². The number of hydrogen-bond acceptors (Lipinski definition) is 3. The van der Waals surface area contributed by atoms with Crippen molar-refractivity contribution in [2.45, 2.75) is 44.2 Å². The van der Waals surface area contributed by atoms with Gasteiger partial charge in [-0.2, -0.15) is 0 Å². The summed E-state index contributed by atoms with van der Waals surface area (Å²) in [6.45, 7) is 2.32. The van der Waals surface area contributed by atoms with Gasteiger partial charge in [0.1, 0.15) is 0 Å². The van der Waals surface area contributed by atoms with Crippen molar-refractivity contribution in [2.24, 2.45) is 0 Å². The van der Waals surface area contributed by atoms with Gasteiger partial charge in [0.2, 0.25) is 0 Å². The second-order valence-electron chi connectivity index (χ2n) is 6.75. The predicted molar refractivity (Wildman–Crippen MR) is 96.2 cm³/mol. The number of nitrogens with zero attached hydrogens (tertiary/aromatic N) is 1. The van der Waals surface area contributed by atoms with E-state index in [-0.39, 0.29) is 11.4 Å². The standard InChI is InChI=1S/C20H23NO2S/c22-19-17-9-14-24-18(17)20(10-4-5-12-21(19)20)11-6-13-23-15-16-7-2-1-3-8-16/h1-3,7-9,14H,4-6,10-13,15H2. The highest BCUT2D eigenvalue weighted by Crippen LogP contribution is 2.50. The highest BCUT2D eigenvalue weighted by atomic mass is 32.1. The molecule has 24 heavy (non-hydrogen) atoms. The molecule has 0 N–H and O–H groups in total. The molecule has 1 aromatic heterocycles. The lowest BCUT2D eigenvalue weighted by Gasteiger charge is -2.42. The molecular formula is C20H23NO2S. The van der Waals surface area contributed by atoms with E-state index in [9.17, 15) is 4.79 Å². The van der Waals surface area contributed by atoms with Crippen LogP contribution in [0.1, 0.15) is 52.9 Å². The van der Waals surface area contributed by atoms with Crippen LogP contribution in [0.3, 0.4) is 0 Å². The maximum Gasteiger partial charge on any atom is 0.255 e. The van der Waals surface area contributed by atoms with Gasteiger partial charge < -0.3 is 9.64 Å². The minimum Gasteiger partial charge on any atom is -0.377 e. The summed E-state index contributed by atoms with van der Waals surface area (Å²) in [4.78, 5) is 16.1. The summed E-state index contributed by atoms with van der Waals surface area (Å²) >= 11 is 1.76. The van der Waals surface area contributed by atoms with Gasteiger partial charge in [0.15, 0.2) is 0 Å². The molecule has 3 nitrogen and oxygen atoms in total. The van der Waals surface area contributed by atoms with E-state index in [0.29, 0.717) is 6.61 Å². The van der Waals surface area contributed by atoms with Crippen LogP contribution < -0.4 is 0 Å². The maximum absolute atomic E-state index is 12.7. The summed E-state index contributed by atoms with van der Waals surface area (Å²) in [5, 5.41) is 2.07. The Labute approximate surface area is 147 Å². The van der Waals surface area contributed by atoms with E-state index in [1.165, 1.54) is 16.9 Å². The lowest BCUT2D eigenvalue weighted by atomic mass is 9.83. The van der Waals surface area contributed by atoms with E-state index < -0.39 is 0 Å². The first-order valence-corrected chi connectivity index (χ1v) is 9.71. The highest BCUT2D eigenvalue weighted by molar-refractivity contribution is 7.10. The molecule has 1 fully saturated rings. The van der Waals surface area contributed by atoms with Gasteiger partial charge in [0.05, 0.1) is 17.7 Å². The maximum atomic E-state index is 12.7. The Balaban J connectivity index is 1.38. The minimum atomic E-state index is -0.0467. The van der Waals surface area contributed by atoms with Gasteiger partial charge in [0.25, 0.3) is 5.91 Å². The lowest BCUT2D eigenvalue weighted by molar-refractivity contribution is 0.0310. The number of piperidine rings is 1. The van der Waals surface area contributed by atoms with Crippen molar-refractivity contribution in [3.05, 3.63) is 57.8 Å². The SMILES string of the molecule is O=C1c2ccsc2C2(CCCOCc3ccccc3)CCCCN12. The summed E-state index contributed by atoms with van der Waals surface area (Å²) in [6.07, 6.45) is 5.46. The summed E-state index contributed by atoms with van der Waals surface area (Å²) in [5.41, 5.74) is 2.12. The zero-order chi connectivity index (χ0) is 16.4. The topological polar surface area (TPSA) is 29.5 Å². The molecule has 2 aliphatic rings. The summed E-state index contributed by atoms with van der Waals surface area (Å²) in [5.74, 6) is 0.246. The largest absolute Gasteiger partial charge is 0.377 e. The molecule has 0 bridgehead atoms. The first-order valence-electron chi connectivity index (χ1n) is 8.83. The third-order valence-electron chi connectivity index (χ3n) is 5.29. The van der Waals surface area contributed by atoms with Gasteiger partial charge in [-0.3, -0.25) is 4.79 Å². The molecule has 1 amide bonds. The molecule has 2 aliphatic heterocycles. The van der Waals surface area contributed by atoms with Crippen molar-refractivity contribution in [2.75, 3.05) is 13.2 Å². The fraction of sp³-hybridized carbons (Fsp3) is 0.450. The number of rotatable bonds is 6. The molecule has 0 aliphatic carbocycles. The Morgan fingerprint density at radius 2 is 2.04 bits per heavy atom. The molecule has 4 rings (SSSR count). The molecule has 0 radical (unpaired) electrons. The first-order chi connectivity index (χ1) is 11.8. The van der Waals surface area contributed by atoms with Crippen molar-refractivity contribution in [1.82, 2.24) is 4.90 Å². The number of thiophene rings is 1. The normalized spacial score (nSPS) is 22.5. The molecule has 1 unspecified atom stereocenters. The molecule has 3 heterocycles. The second-order valence-corrected chi connectivity index (χ2v) is 7.67. The first kappa shape index (κ1) is 15.9. The van der Waals surface area contributed by atoms with Crippen molar-refractivity contribution >= 4 is 17.2 Å². The Morgan fingerprint density at radius 1 is 1.17 bits per heavy atom. The Hall–Kier alpha value is -1.65. The van der Waals surface area contributed by atoms with Gasteiger partial charge in [-0.15, -0.1) is 11.3 Å². The van der Waals surface area contributed by atoms with Gasteiger partial charge in [0, 0.05) is 18.0 Å². The Bertz CT molecular complexity index is 711. The minimum absolute atomic E-state index is 0.0467. The van der Waals surface area contributed by atoms with Crippen molar-refractivity contribution in [3.63, 3.8) is 0 Å². The van der Waals surface area contributed by atoms with E-state index in [0.717, 1.165) is 44.4 Å². The quantitative estimate of drug-likeness (QED) is 0.720.